The first-order chi connectivity index (χ1) is 14.0. The summed E-state index contributed by atoms with van der Waals surface area (Å²) in [7, 11) is 0. The smallest absolute Gasteiger partial charge is 0.228 e. The molecular weight excluding hydrogens is 537 g/mol. The van der Waals surface area contributed by atoms with E-state index in [1.807, 2.05) is 36.6 Å². The van der Waals surface area contributed by atoms with Crippen molar-refractivity contribution >= 4 is 52.9 Å². The van der Waals surface area contributed by atoms with Gasteiger partial charge in [-0.3, -0.25) is 0 Å². The lowest BCUT2D eigenvalue weighted by Crippen LogP contribution is -2.39. The van der Waals surface area contributed by atoms with E-state index in [0.29, 0.717) is 42.2 Å². The molecule has 0 spiro atoms. The lowest BCUT2D eigenvalue weighted by molar-refractivity contribution is 0.0711. The number of nitrogens with one attached hydrogen (secondary N) is 2. The highest BCUT2D eigenvalue weighted by molar-refractivity contribution is 14.0. The summed E-state index contributed by atoms with van der Waals surface area (Å²) in [5.41, 5.74) is -0.153. The molecule has 7 nitrogen and oxygen atoms in total. The average molecular weight is 562 g/mol. The van der Waals surface area contributed by atoms with Gasteiger partial charge in [-0.2, -0.15) is 4.98 Å². The van der Waals surface area contributed by atoms with Crippen LogP contribution in [0.4, 0.5) is 0 Å². The van der Waals surface area contributed by atoms with E-state index in [4.69, 9.17) is 16.1 Å². The molecule has 162 valence electrons. The Labute approximate surface area is 202 Å². The molecule has 0 fully saturated rings. The number of benzene rings is 1. The monoisotopic (exact) mass is 561 g/mol. The molecule has 0 aliphatic rings. The Bertz CT molecular complexity index is 929. The molecule has 2 heterocycles. The zero-order valence-corrected chi connectivity index (χ0v) is 20.7. The SMILES string of the molecule is CCNC(=NCC(C)(O)c1cccs1)NCCc1nc(-c2ccc(Cl)cc2)no1.I. The van der Waals surface area contributed by atoms with Gasteiger partial charge in [0.25, 0.3) is 0 Å². The van der Waals surface area contributed by atoms with Crippen LogP contribution in [0.15, 0.2) is 51.3 Å². The van der Waals surface area contributed by atoms with Crippen LogP contribution in [-0.2, 0) is 12.0 Å². The first-order valence-corrected chi connectivity index (χ1v) is 10.6. The van der Waals surface area contributed by atoms with Crippen molar-refractivity contribution in [3.63, 3.8) is 0 Å². The highest BCUT2D eigenvalue weighted by Crippen LogP contribution is 2.25. The molecule has 1 unspecified atom stereocenters. The van der Waals surface area contributed by atoms with Gasteiger partial charge in [0.05, 0.1) is 6.54 Å². The standard InChI is InChI=1S/C20H24ClN5O2S.HI/c1-3-22-19(24-13-20(2,27)16-5-4-12-29-16)23-11-10-17-25-18(26-28-17)14-6-8-15(21)9-7-14;/h4-9,12,27H,3,10-11,13H2,1-2H3,(H2,22,23,24);1H. The Hall–Kier alpha value is -1.69. The van der Waals surface area contributed by atoms with Crippen molar-refractivity contribution in [1.82, 2.24) is 20.8 Å². The summed E-state index contributed by atoms with van der Waals surface area (Å²) in [6.45, 7) is 5.29. The molecule has 3 rings (SSSR count). The molecule has 0 radical (unpaired) electrons. The van der Waals surface area contributed by atoms with Crippen molar-refractivity contribution in [1.29, 1.82) is 0 Å². The van der Waals surface area contributed by atoms with Gasteiger partial charge in [-0.1, -0.05) is 22.8 Å². The molecule has 30 heavy (non-hydrogen) atoms. The molecule has 3 aromatic rings. The second-order valence-corrected chi connectivity index (χ2v) is 8.03. The second kappa shape index (κ2) is 11.6. The Morgan fingerprint density at radius 3 is 2.70 bits per heavy atom. The Balaban J connectivity index is 0.00000320. The third kappa shape index (κ3) is 6.93. The van der Waals surface area contributed by atoms with Gasteiger partial charge in [-0.05, 0) is 49.6 Å². The van der Waals surface area contributed by atoms with Gasteiger partial charge in [-0.25, -0.2) is 4.99 Å². The molecule has 2 aromatic heterocycles. The topological polar surface area (TPSA) is 95.6 Å². The van der Waals surface area contributed by atoms with Gasteiger partial charge in [-0.15, -0.1) is 35.3 Å². The van der Waals surface area contributed by atoms with E-state index in [1.54, 1.807) is 19.1 Å². The normalized spacial score (nSPS) is 13.4. The largest absolute Gasteiger partial charge is 0.383 e. The lowest BCUT2D eigenvalue weighted by Gasteiger charge is -2.20. The van der Waals surface area contributed by atoms with Crippen LogP contribution in [0.3, 0.4) is 0 Å². The number of aliphatic imine (C=N–C) groups is 1. The third-order valence-electron chi connectivity index (χ3n) is 4.14. The van der Waals surface area contributed by atoms with Crippen molar-refractivity contribution in [2.75, 3.05) is 19.6 Å². The van der Waals surface area contributed by atoms with E-state index in [-0.39, 0.29) is 30.5 Å². The molecule has 1 atom stereocenters. The van der Waals surface area contributed by atoms with Gasteiger partial charge in [0.1, 0.15) is 5.60 Å². The number of rotatable bonds is 8. The van der Waals surface area contributed by atoms with E-state index in [0.717, 1.165) is 10.4 Å². The first-order valence-electron chi connectivity index (χ1n) is 9.35. The summed E-state index contributed by atoms with van der Waals surface area (Å²) in [5, 5.41) is 23.7. The van der Waals surface area contributed by atoms with Crippen molar-refractivity contribution in [2.24, 2.45) is 4.99 Å². The Kier molecular flexibility index (Phi) is 9.53. The van der Waals surface area contributed by atoms with Crippen molar-refractivity contribution in [3.05, 3.63) is 57.6 Å². The van der Waals surface area contributed by atoms with Crippen LogP contribution in [0.2, 0.25) is 5.02 Å². The summed E-state index contributed by atoms with van der Waals surface area (Å²) in [4.78, 5) is 9.80. The molecule has 0 aliphatic heterocycles. The Morgan fingerprint density at radius 1 is 1.27 bits per heavy atom. The highest BCUT2D eigenvalue weighted by atomic mass is 127. The average Bonchev–Trinajstić information content (AvgIpc) is 3.39. The second-order valence-electron chi connectivity index (χ2n) is 6.64. The fourth-order valence-corrected chi connectivity index (χ4v) is 3.50. The summed E-state index contributed by atoms with van der Waals surface area (Å²) in [6.07, 6.45) is 0.548. The Morgan fingerprint density at radius 2 is 2.03 bits per heavy atom. The summed E-state index contributed by atoms with van der Waals surface area (Å²) < 4.78 is 5.32. The molecular formula is C20H25ClIN5O2S. The maximum atomic E-state index is 10.6. The van der Waals surface area contributed by atoms with Gasteiger partial charge in [0.2, 0.25) is 11.7 Å². The third-order valence-corrected chi connectivity index (χ3v) is 5.52. The van der Waals surface area contributed by atoms with Crippen LogP contribution in [-0.4, -0.2) is 40.8 Å². The van der Waals surface area contributed by atoms with Crippen LogP contribution < -0.4 is 10.6 Å². The van der Waals surface area contributed by atoms with Gasteiger partial charge >= 0.3 is 0 Å². The van der Waals surface area contributed by atoms with Gasteiger partial charge < -0.3 is 20.3 Å². The molecule has 10 heteroatoms. The van der Waals surface area contributed by atoms with Gasteiger partial charge in [0, 0.05) is 35.0 Å². The minimum Gasteiger partial charge on any atom is -0.383 e. The van der Waals surface area contributed by atoms with Crippen LogP contribution in [0.1, 0.15) is 24.6 Å². The lowest BCUT2D eigenvalue weighted by atomic mass is 10.1. The number of halogens is 2. The quantitative estimate of drug-likeness (QED) is 0.218. The van der Waals surface area contributed by atoms with Crippen LogP contribution in [0.25, 0.3) is 11.4 Å². The van der Waals surface area contributed by atoms with E-state index in [1.165, 1.54) is 11.3 Å². The maximum absolute atomic E-state index is 10.6. The molecule has 0 amide bonds. The number of hydrogen-bond donors (Lipinski definition) is 3. The van der Waals surface area contributed by atoms with Crippen LogP contribution in [0, 0.1) is 0 Å². The summed E-state index contributed by atoms with van der Waals surface area (Å²) in [5.74, 6) is 1.69. The number of guanidine groups is 1. The first kappa shape index (κ1) is 24.6. The number of hydrogen-bond acceptors (Lipinski definition) is 6. The molecule has 3 N–H and O–H groups in total. The molecule has 1 aromatic carbocycles. The molecule has 0 saturated heterocycles. The zero-order valence-electron chi connectivity index (χ0n) is 16.8. The van der Waals surface area contributed by atoms with E-state index in [9.17, 15) is 5.11 Å². The number of thiophene rings is 1. The molecule has 0 aliphatic carbocycles. The van der Waals surface area contributed by atoms with Crippen molar-refractivity contribution in [3.8, 4) is 11.4 Å². The predicted molar refractivity (Wildman–Crippen MR) is 132 cm³/mol. The van der Waals surface area contributed by atoms with Crippen LogP contribution in [0.5, 0.6) is 0 Å². The fraction of sp³-hybridized carbons (Fsp3) is 0.350. The van der Waals surface area contributed by atoms with Crippen LogP contribution >= 0.6 is 46.9 Å². The summed E-state index contributed by atoms with van der Waals surface area (Å²) >= 11 is 7.42. The van der Waals surface area contributed by atoms with Crippen molar-refractivity contribution < 1.29 is 9.63 Å². The summed E-state index contributed by atoms with van der Waals surface area (Å²) in [6, 6.07) is 11.1. The van der Waals surface area contributed by atoms with E-state index in [2.05, 4.69) is 25.8 Å². The number of nitrogens with zero attached hydrogens (tertiary/aromatic N) is 3. The van der Waals surface area contributed by atoms with E-state index < -0.39 is 5.60 Å². The van der Waals surface area contributed by atoms with Crippen molar-refractivity contribution in [2.45, 2.75) is 25.9 Å². The zero-order chi connectivity index (χ0) is 20.7. The van der Waals surface area contributed by atoms with Gasteiger partial charge in [0.15, 0.2) is 5.96 Å². The fourth-order valence-electron chi connectivity index (χ4n) is 2.60. The number of aromatic nitrogens is 2. The van der Waals surface area contributed by atoms with E-state index >= 15 is 0 Å². The number of aliphatic hydroxyl groups is 1. The minimum atomic E-state index is -1.00. The minimum absolute atomic E-state index is 0. The molecule has 0 bridgehead atoms. The predicted octanol–water partition coefficient (Wildman–Crippen LogP) is 4.07. The molecule has 0 saturated carbocycles. The maximum Gasteiger partial charge on any atom is 0.228 e. The highest BCUT2D eigenvalue weighted by Gasteiger charge is 2.24.